The van der Waals surface area contributed by atoms with Crippen LogP contribution in [0, 0.1) is 5.92 Å². The third kappa shape index (κ3) is 1.79. The predicted molar refractivity (Wildman–Crippen MR) is 64.0 cm³/mol. The number of carbonyl (C=O) groups is 1. The summed E-state index contributed by atoms with van der Waals surface area (Å²) in [6, 6.07) is 3.62. The van der Waals surface area contributed by atoms with Crippen LogP contribution in [0.5, 0.6) is 0 Å². The van der Waals surface area contributed by atoms with Crippen molar-refractivity contribution in [2.45, 2.75) is 25.8 Å². The Balaban J connectivity index is 1.95. The highest BCUT2D eigenvalue weighted by atomic mass is 16.4. The van der Waals surface area contributed by atoms with Gasteiger partial charge in [0.2, 0.25) is 0 Å². The molecule has 1 N–H and O–H groups in total. The molecule has 3 rings (SSSR count). The zero-order chi connectivity index (χ0) is 11.8. The van der Waals surface area contributed by atoms with Crippen molar-refractivity contribution in [2.24, 2.45) is 5.92 Å². The number of rotatable bonds is 3. The lowest BCUT2D eigenvalue weighted by atomic mass is 9.85. The number of aromatic carboxylic acids is 1. The second-order valence-corrected chi connectivity index (χ2v) is 4.71. The van der Waals surface area contributed by atoms with E-state index < -0.39 is 5.97 Å². The van der Waals surface area contributed by atoms with Crippen LogP contribution in [0.25, 0.3) is 11.0 Å². The number of carboxylic acids is 1. The first-order chi connectivity index (χ1) is 8.24. The molecule has 0 spiro atoms. The van der Waals surface area contributed by atoms with Crippen LogP contribution in [-0.2, 0) is 6.54 Å². The minimum atomic E-state index is -0.925. The number of carboxylic acid groups (broad SMARTS) is 1. The normalized spacial score (nSPS) is 16.0. The largest absolute Gasteiger partial charge is 0.478 e. The Bertz CT molecular complexity index is 570. The van der Waals surface area contributed by atoms with Gasteiger partial charge in [0, 0.05) is 24.3 Å². The van der Waals surface area contributed by atoms with E-state index in [0.717, 1.165) is 23.5 Å². The van der Waals surface area contributed by atoms with Crippen molar-refractivity contribution in [2.75, 3.05) is 0 Å². The van der Waals surface area contributed by atoms with E-state index in [9.17, 15) is 4.79 Å². The van der Waals surface area contributed by atoms with E-state index in [1.807, 2.05) is 12.3 Å². The van der Waals surface area contributed by atoms with E-state index in [2.05, 4.69) is 9.55 Å². The quantitative estimate of drug-likeness (QED) is 0.881. The molecule has 88 valence electrons. The van der Waals surface area contributed by atoms with Crippen molar-refractivity contribution >= 4 is 17.0 Å². The van der Waals surface area contributed by atoms with Crippen LogP contribution in [0.1, 0.15) is 29.6 Å². The molecule has 2 aromatic rings. The van der Waals surface area contributed by atoms with E-state index >= 15 is 0 Å². The van der Waals surface area contributed by atoms with Crippen LogP contribution in [0.2, 0.25) is 0 Å². The SMILES string of the molecule is O=C(O)c1cnc2c(ccn2CC2CCC2)c1. The summed E-state index contributed by atoms with van der Waals surface area (Å²) in [5.74, 6) is -0.155. The van der Waals surface area contributed by atoms with E-state index in [0.29, 0.717) is 0 Å². The maximum absolute atomic E-state index is 10.8. The maximum atomic E-state index is 10.8. The zero-order valence-corrected chi connectivity index (χ0v) is 9.47. The van der Waals surface area contributed by atoms with Crippen LogP contribution in [-0.4, -0.2) is 20.6 Å². The van der Waals surface area contributed by atoms with Crippen molar-refractivity contribution in [1.29, 1.82) is 0 Å². The second kappa shape index (κ2) is 3.87. The van der Waals surface area contributed by atoms with Gasteiger partial charge in [-0.25, -0.2) is 9.78 Å². The Kier molecular flexibility index (Phi) is 2.35. The van der Waals surface area contributed by atoms with Gasteiger partial charge in [-0.2, -0.15) is 0 Å². The molecule has 0 saturated heterocycles. The first kappa shape index (κ1) is 10.3. The summed E-state index contributed by atoms with van der Waals surface area (Å²) in [6.07, 6.45) is 7.36. The first-order valence-corrected chi connectivity index (χ1v) is 5.92. The zero-order valence-electron chi connectivity index (χ0n) is 9.47. The van der Waals surface area contributed by atoms with Crippen LogP contribution in [0.3, 0.4) is 0 Å². The highest BCUT2D eigenvalue weighted by molar-refractivity contribution is 5.91. The maximum Gasteiger partial charge on any atom is 0.337 e. The minimum Gasteiger partial charge on any atom is -0.478 e. The number of pyridine rings is 1. The summed E-state index contributed by atoms with van der Waals surface area (Å²) < 4.78 is 2.13. The number of fused-ring (bicyclic) bond motifs is 1. The molecule has 2 heterocycles. The van der Waals surface area contributed by atoms with Crippen molar-refractivity contribution in [3.63, 3.8) is 0 Å². The molecular formula is C13H14N2O2. The Hall–Kier alpha value is -1.84. The molecule has 0 bridgehead atoms. The third-order valence-electron chi connectivity index (χ3n) is 3.53. The Labute approximate surface area is 98.9 Å². The number of hydrogen-bond acceptors (Lipinski definition) is 2. The van der Waals surface area contributed by atoms with Crippen LogP contribution >= 0.6 is 0 Å². The lowest BCUT2D eigenvalue weighted by molar-refractivity contribution is 0.0696. The smallest absolute Gasteiger partial charge is 0.337 e. The van der Waals surface area contributed by atoms with Gasteiger partial charge in [0.15, 0.2) is 0 Å². The van der Waals surface area contributed by atoms with Crippen LogP contribution in [0.15, 0.2) is 24.5 Å². The predicted octanol–water partition coefficient (Wildman–Crippen LogP) is 2.53. The molecule has 2 aromatic heterocycles. The lowest BCUT2D eigenvalue weighted by Crippen LogP contribution is -2.17. The number of nitrogens with zero attached hydrogens (tertiary/aromatic N) is 2. The summed E-state index contributed by atoms with van der Waals surface area (Å²) in [7, 11) is 0. The molecule has 1 fully saturated rings. The van der Waals surface area contributed by atoms with Crippen molar-refractivity contribution < 1.29 is 9.90 Å². The van der Waals surface area contributed by atoms with Gasteiger partial charge in [-0.3, -0.25) is 0 Å². The molecule has 17 heavy (non-hydrogen) atoms. The third-order valence-corrected chi connectivity index (χ3v) is 3.53. The minimum absolute atomic E-state index is 0.249. The fraction of sp³-hybridized carbons (Fsp3) is 0.385. The van der Waals surface area contributed by atoms with Gasteiger partial charge in [0.1, 0.15) is 5.65 Å². The molecule has 1 aliphatic rings. The topological polar surface area (TPSA) is 55.1 Å². The van der Waals surface area contributed by atoms with E-state index in [1.165, 1.54) is 25.5 Å². The molecule has 4 nitrogen and oxygen atoms in total. The summed E-state index contributed by atoms with van der Waals surface area (Å²) >= 11 is 0. The molecule has 0 amide bonds. The average molecular weight is 230 g/mol. The van der Waals surface area contributed by atoms with Crippen LogP contribution < -0.4 is 0 Å². The second-order valence-electron chi connectivity index (χ2n) is 4.71. The Morgan fingerprint density at radius 2 is 2.35 bits per heavy atom. The molecule has 0 atom stereocenters. The van der Waals surface area contributed by atoms with E-state index in [-0.39, 0.29) is 5.56 Å². The molecule has 4 heteroatoms. The van der Waals surface area contributed by atoms with Gasteiger partial charge >= 0.3 is 5.97 Å². The number of hydrogen-bond donors (Lipinski definition) is 1. The van der Waals surface area contributed by atoms with Crippen LogP contribution in [0.4, 0.5) is 0 Å². The monoisotopic (exact) mass is 230 g/mol. The first-order valence-electron chi connectivity index (χ1n) is 5.92. The lowest BCUT2D eigenvalue weighted by Gasteiger charge is -2.25. The average Bonchev–Trinajstić information content (AvgIpc) is 2.65. The summed E-state index contributed by atoms with van der Waals surface area (Å²) in [6.45, 7) is 1.00. The molecule has 0 aromatic carbocycles. The van der Waals surface area contributed by atoms with Gasteiger partial charge in [-0.05, 0) is 30.9 Å². The van der Waals surface area contributed by atoms with Gasteiger partial charge in [0.25, 0.3) is 0 Å². The highest BCUT2D eigenvalue weighted by Gasteiger charge is 2.18. The van der Waals surface area contributed by atoms with E-state index in [4.69, 9.17) is 5.11 Å². The number of aromatic nitrogens is 2. The summed E-state index contributed by atoms with van der Waals surface area (Å²) in [5, 5.41) is 9.80. The molecule has 0 radical (unpaired) electrons. The summed E-state index contributed by atoms with van der Waals surface area (Å²) in [4.78, 5) is 15.1. The van der Waals surface area contributed by atoms with Gasteiger partial charge in [-0.15, -0.1) is 0 Å². The van der Waals surface area contributed by atoms with Gasteiger partial charge < -0.3 is 9.67 Å². The molecule has 1 saturated carbocycles. The van der Waals surface area contributed by atoms with Gasteiger partial charge in [0.05, 0.1) is 5.56 Å². The molecule has 1 aliphatic carbocycles. The van der Waals surface area contributed by atoms with Crippen molar-refractivity contribution in [1.82, 2.24) is 9.55 Å². The highest BCUT2D eigenvalue weighted by Crippen LogP contribution is 2.29. The standard InChI is InChI=1S/C13H14N2O2/c16-13(17)11-6-10-4-5-15(12(10)14-7-11)8-9-2-1-3-9/h4-7,9H,1-3,8H2,(H,16,17). The fourth-order valence-electron chi connectivity index (χ4n) is 2.30. The molecule has 0 aliphatic heterocycles. The molecule has 0 unspecified atom stereocenters. The van der Waals surface area contributed by atoms with Crippen molar-refractivity contribution in [3.8, 4) is 0 Å². The Morgan fingerprint density at radius 3 is 3.00 bits per heavy atom. The Morgan fingerprint density at radius 1 is 1.53 bits per heavy atom. The molecular weight excluding hydrogens is 216 g/mol. The van der Waals surface area contributed by atoms with Gasteiger partial charge in [-0.1, -0.05) is 6.42 Å². The van der Waals surface area contributed by atoms with E-state index in [1.54, 1.807) is 6.07 Å². The summed E-state index contributed by atoms with van der Waals surface area (Å²) in [5.41, 5.74) is 1.14. The van der Waals surface area contributed by atoms with Crippen molar-refractivity contribution in [3.05, 3.63) is 30.1 Å². The fourth-order valence-corrected chi connectivity index (χ4v) is 2.30.